The average Bonchev–Trinajstić information content (AvgIpc) is 2.34. The van der Waals surface area contributed by atoms with Crippen molar-refractivity contribution in [3.8, 4) is 0 Å². The molecule has 1 atom stereocenters. The van der Waals surface area contributed by atoms with Crippen LogP contribution < -0.4 is 11.1 Å². The van der Waals surface area contributed by atoms with E-state index in [4.69, 9.17) is 17.3 Å². The van der Waals surface area contributed by atoms with Crippen molar-refractivity contribution in [3.63, 3.8) is 0 Å². The molecule has 0 aromatic heterocycles. The Morgan fingerprint density at radius 2 is 1.89 bits per heavy atom. The van der Waals surface area contributed by atoms with Gasteiger partial charge >= 0.3 is 0 Å². The topological polar surface area (TPSA) is 38.0 Å². The maximum atomic E-state index is 5.98. The van der Waals surface area contributed by atoms with Gasteiger partial charge in [0.05, 0.1) is 11.4 Å². The molecule has 0 aliphatic rings. The first-order valence-corrected chi connectivity index (χ1v) is 6.33. The van der Waals surface area contributed by atoms with Crippen LogP contribution >= 0.6 is 11.6 Å². The number of hydrogen-bond acceptors (Lipinski definition) is 2. The Balaban J connectivity index is 2.24. The van der Waals surface area contributed by atoms with E-state index >= 15 is 0 Å². The van der Waals surface area contributed by atoms with Crippen LogP contribution in [0.4, 0.5) is 11.4 Å². The van der Waals surface area contributed by atoms with Gasteiger partial charge < -0.3 is 11.1 Å². The Hall–Kier alpha value is -1.67. The number of aryl methyl sites for hydroxylation is 1. The second kappa shape index (κ2) is 5.32. The first-order chi connectivity index (χ1) is 8.58. The maximum absolute atomic E-state index is 5.98. The molecule has 2 aromatic rings. The lowest BCUT2D eigenvalue weighted by atomic mass is 10.0. The van der Waals surface area contributed by atoms with Crippen LogP contribution in [0.1, 0.15) is 24.1 Å². The third-order valence-corrected chi connectivity index (χ3v) is 3.28. The molecule has 2 rings (SSSR count). The van der Waals surface area contributed by atoms with E-state index in [0.717, 1.165) is 5.69 Å². The lowest BCUT2D eigenvalue weighted by molar-refractivity contribution is 0.875. The van der Waals surface area contributed by atoms with Crippen molar-refractivity contribution < 1.29 is 0 Å². The van der Waals surface area contributed by atoms with Crippen molar-refractivity contribution >= 4 is 23.0 Å². The van der Waals surface area contributed by atoms with Crippen LogP contribution in [0.15, 0.2) is 42.5 Å². The summed E-state index contributed by atoms with van der Waals surface area (Å²) in [6.45, 7) is 4.22. The zero-order valence-electron chi connectivity index (χ0n) is 10.6. The molecule has 3 heteroatoms. The summed E-state index contributed by atoms with van der Waals surface area (Å²) in [5, 5.41) is 4.08. The smallest absolute Gasteiger partial charge is 0.0593 e. The molecule has 2 aromatic carbocycles. The quantitative estimate of drug-likeness (QED) is 0.803. The number of anilines is 2. The largest absolute Gasteiger partial charge is 0.397 e. The van der Waals surface area contributed by atoms with Gasteiger partial charge in [0.25, 0.3) is 0 Å². The maximum Gasteiger partial charge on any atom is 0.0593 e. The Morgan fingerprint density at radius 3 is 2.61 bits per heavy atom. The highest BCUT2D eigenvalue weighted by atomic mass is 35.5. The van der Waals surface area contributed by atoms with Crippen molar-refractivity contribution in [1.29, 1.82) is 0 Å². The molecule has 0 fully saturated rings. The van der Waals surface area contributed by atoms with Gasteiger partial charge in [-0.1, -0.05) is 35.9 Å². The van der Waals surface area contributed by atoms with Gasteiger partial charge in [0.15, 0.2) is 0 Å². The van der Waals surface area contributed by atoms with E-state index in [1.165, 1.54) is 11.1 Å². The monoisotopic (exact) mass is 260 g/mol. The summed E-state index contributed by atoms with van der Waals surface area (Å²) in [6, 6.07) is 14.0. The minimum absolute atomic E-state index is 0.187. The Labute approximate surface area is 113 Å². The summed E-state index contributed by atoms with van der Waals surface area (Å²) in [6.07, 6.45) is 0. The first-order valence-electron chi connectivity index (χ1n) is 5.95. The second-order valence-corrected chi connectivity index (χ2v) is 4.89. The van der Waals surface area contributed by atoms with E-state index in [0.29, 0.717) is 10.7 Å². The number of nitrogens with one attached hydrogen (secondary N) is 1. The third kappa shape index (κ3) is 2.77. The van der Waals surface area contributed by atoms with Crippen LogP contribution in [0.5, 0.6) is 0 Å². The summed E-state index contributed by atoms with van der Waals surface area (Å²) in [5.41, 5.74) is 10.0. The Kier molecular flexibility index (Phi) is 3.78. The number of benzene rings is 2. The van der Waals surface area contributed by atoms with Crippen LogP contribution in [-0.2, 0) is 0 Å². The van der Waals surface area contributed by atoms with Crippen LogP contribution in [0.2, 0.25) is 5.02 Å². The molecule has 0 aliphatic carbocycles. The number of halogens is 1. The Bertz CT molecular complexity index is 552. The fourth-order valence-electron chi connectivity index (χ4n) is 2.04. The van der Waals surface area contributed by atoms with E-state index in [-0.39, 0.29) is 6.04 Å². The van der Waals surface area contributed by atoms with Crippen LogP contribution in [0.25, 0.3) is 0 Å². The van der Waals surface area contributed by atoms with Gasteiger partial charge in [-0.3, -0.25) is 0 Å². The zero-order chi connectivity index (χ0) is 13.1. The normalized spacial score (nSPS) is 12.2. The standard InChI is InChI=1S/C15H17ClN2/c1-10-5-3-4-6-13(10)11(2)18-15-9-12(16)7-8-14(15)17/h3-9,11,18H,17H2,1-2H3. The number of rotatable bonds is 3. The summed E-state index contributed by atoms with van der Waals surface area (Å²) in [5.74, 6) is 0. The van der Waals surface area contributed by atoms with Gasteiger partial charge in [0.2, 0.25) is 0 Å². The van der Waals surface area contributed by atoms with Gasteiger partial charge in [-0.15, -0.1) is 0 Å². The van der Waals surface area contributed by atoms with Gasteiger partial charge in [-0.05, 0) is 43.2 Å². The predicted octanol–water partition coefficient (Wildman–Crippen LogP) is 4.40. The molecule has 2 nitrogen and oxygen atoms in total. The highest BCUT2D eigenvalue weighted by Gasteiger charge is 2.09. The van der Waals surface area contributed by atoms with E-state index in [9.17, 15) is 0 Å². The molecule has 1 unspecified atom stereocenters. The minimum atomic E-state index is 0.187. The number of nitrogens with two attached hydrogens (primary N) is 1. The lowest BCUT2D eigenvalue weighted by Crippen LogP contribution is -2.09. The van der Waals surface area contributed by atoms with Crippen molar-refractivity contribution in [1.82, 2.24) is 0 Å². The van der Waals surface area contributed by atoms with Gasteiger partial charge in [-0.25, -0.2) is 0 Å². The van der Waals surface area contributed by atoms with Crippen LogP contribution in [0, 0.1) is 6.92 Å². The van der Waals surface area contributed by atoms with Crippen molar-refractivity contribution in [2.45, 2.75) is 19.9 Å². The van der Waals surface area contributed by atoms with E-state index in [1.54, 1.807) is 6.07 Å². The van der Waals surface area contributed by atoms with Crippen molar-refractivity contribution in [2.75, 3.05) is 11.1 Å². The molecule has 0 saturated heterocycles. The molecule has 0 aliphatic heterocycles. The number of hydrogen-bond donors (Lipinski definition) is 2. The highest BCUT2D eigenvalue weighted by Crippen LogP contribution is 2.28. The summed E-state index contributed by atoms with van der Waals surface area (Å²) in [7, 11) is 0. The number of nitrogen functional groups attached to an aromatic ring is 1. The van der Waals surface area contributed by atoms with Crippen molar-refractivity contribution in [2.24, 2.45) is 0 Å². The fraction of sp³-hybridized carbons (Fsp3) is 0.200. The first kappa shape index (κ1) is 12.8. The third-order valence-electron chi connectivity index (χ3n) is 3.04. The summed E-state index contributed by atoms with van der Waals surface area (Å²) in [4.78, 5) is 0. The Morgan fingerprint density at radius 1 is 1.17 bits per heavy atom. The minimum Gasteiger partial charge on any atom is -0.397 e. The molecule has 3 N–H and O–H groups in total. The SMILES string of the molecule is Cc1ccccc1C(C)Nc1cc(Cl)ccc1N. The average molecular weight is 261 g/mol. The molecule has 0 spiro atoms. The van der Waals surface area contributed by atoms with Crippen LogP contribution in [-0.4, -0.2) is 0 Å². The molecule has 0 bridgehead atoms. The van der Waals surface area contributed by atoms with Gasteiger partial charge in [-0.2, -0.15) is 0 Å². The molecule has 0 amide bonds. The molecule has 0 saturated carbocycles. The lowest BCUT2D eigenvalue weighted by Gasteiger charge is -2.19. The van der Waals surface area contributed by atoms with Crippen LogP contribution in [0.3, 0.4) is 0 Å². The van der Waals surface area contributed by atoms with E-state index in [1.807, 2.05) is 24.3 Å². The molecule has 94 valence electrons. The van der Waals surface area contributed by atoms with Gasteiger partial charge in [0.1, 0.15) is 0 Å². The summed E-state index contributed by atoms with van der Waals surface area (Å²) < 4.78 is 0. The predicted molar refractivity (Wildman–Crippen MR) is 79.1 cm³/mol. The summed E-state index contributed by atoms with van der Waals surface area (Å²) >= 11 is 5.98. The van der Waals surface area contributed by atoms with E-state index in [2.05, 4.69) is 31.3 Å². The zero-order valence-corrected chi connectivity index (χ0v) is 11.3. The van der Waals surface area contributed by atoms with Gasteiger partial charge in [0, 0.05) is 11.1 Å². The molecular formula is C15H17ClN2. The highest BCUT2D eigenvalue weighted by molar-refractivity contribution is 6.31. The molecular weight excluding hydrogens is 244 g/mol. The molecule has 18 heavy (non-hydrogen) atoms. The molecule has 0 radical (unpaired) electrons. The van der Waals surface area contributed by atoms with E-state index < -0.39 is 0 Å². The molecule has 0 heterocycles. The second-order valence-electron chi connectivity index (χ2n) is 4.45. The fourth-order valence-corrected chi connectivity index (χ4v) is 2.21. The van der Waals surface area contributed by atoms with Crippen molar-refractivity contribution in [3.05, 3.63) is 58.6 Å².